The number of nitrogens with one attached hydrogen (secondary N) is 1. The van der Waals surface area contributed by atoms with Gasteiger partial charge in [0.15, 0.2) is 0 Å². The van der Waals surface area contributed by atoms with Crippen LogP contribution in [0.3, 0.4) is 0 Å². The Labute approximate surface area is 124 Å². The molecule has 2 aromatic rings. The van der Waals surface area contributed by atoms with Crippen LogP contribution < -0.4 is 5.32 Å². The zero-order valence-electron chi connectivity index (χ0n) is 11.0. The lowest BCUT2D eigenvalue weighted by molar-refractivity contribution is 0.464. The van der Waals surface area contributed by atoms with Gasteiger partial charge in [0.25, 0.3) is 0 Å². The molecular weight excluding hydrogens is 328 g/mol. The quantitative estimate of drug-likeness (QED) is 0.777. The van der Waals surface area contributed by atoms with E-state index in [1.54, 1.807) is 19.1 Å². The number of hydrogen-bond donors (Lipinski definition) is 2. The molecule has 0 radical (unpaired) electrons. The molecule has 0 saturated carbocycles. The SMILES string of the molecule is Cc1ccc(C(C)Nc2cc(Br)c(F)cc2F)c(O)c1. The Morgan fingerprint density at radius 3 is 2.50 bits per heavy atom. The minimum absolute atomic E-state index is 0.145. The summed E-state index contributed by atoms with van der Waals surface area (Å²) in [6.07, 6.45) is 0. The second kappa shape index (κ2) is 5.79. The number of aromatic hydroxyl groups is 1. The average molecular weight is 342 g/mol. The Morgan fingerprint density at radius 1 is 1.15 bits per heavy atom. The first-order chi connectivity index (χ1) is 9.38. The van der Waals surface area contributed by atoms with E-state index in [-0.39, 0.29) is 22.0 Å². The molecule has 2 N–H and O–H groups in total. The Balaban J connectivity index is 2.27. The summed E-state index contributed by atoms with van der Waals surface area (Å²) in [5.41, 5.74) is 1.76. The van der Waals surface area contributed by atoms with Gasteiger partial charge in [-0.1, -0.05) is 12.1 Å². The Hall–Kier alpha value is -1.62. The van der Waals surface area contributed by atoms with Gasteiger partial charge in [-0.3, -0.25) is 0 Å². The number of benzene rings is 2. The van der Waals surface area contributed by atoms with Gasteiger partial charge in [-0.2, -0.15) is 0 Å². The van der Waals surface area contributed by atoms with E-state index in [2.05, 4.69) is 21.2 Å². The molecule has 0 aliphatic heterocycles. The van der Waals surface area contributed by atoms with E-state index in [1.165, 1.54) is 6.07 Å². The average Bonchev–Trinajstić information content (AvgIpc) is 2.35. The number of halogens is 3. The highest BCUT2D eigenvalue weighted by Gasteiger charge is 2.14. The van der Waals surface area contributed by atoms with Crippen molar-refractivity contribution in [2.75, 3.05) is 5.32 Å². The summed E-state index contributed by atoms with van der Waals surface area (Å²) in [6.45, 7) is 3.67. The van der Waals surface area contributed by atoms with Gasteiger partial charge in [-0.05, 0) is 47.5 Å². The predicted molar refractivity (Wildman–Crippen MR) is 78.9 cm³/mol. The van der Waals surface area contributed by atoms with Crippen LogP contribution in [0, 0.1) is 18.6 Å². The minimum Gasteiger partial charge on any atom is -0.508 e. The van der Waals surface area contributed by atoms with Gasteiger partial charge >= 0.3 is 0 Å². The third kappa shape index (κ3) is 3.10. The van der Waals surface area contributed by atoms with Crippen LogP contribution in [-0.4, -0.2) is 5.11 Å². The molecule has 2 nitrogen and oxygen atoms in total. The molecule has 0 saturated heterocycles. The van der Waals surface area contributed by atoms with Gasteiger partial charge in [-0.25, -0.2) is 8.78 Å². The van der Waals surface area contributed by atoms with Gasteiger partial charge in [0.1, 0.15) is 17.4 Å². The molecular formula is C15H14BrF2NO. The highest BCUT2D eigenvalue weighted by Crippen LogP contribution is 2.30. The predicted octanol–water partition coefficient (Wildman–Crippen LogP) is 4.91. The summed E-state index contributed by atoms with van der Waals surface area (Å²) < 4.78 is 27.0. The molecule has 0 aliphatic rings. The molecule has 0 aromatic heterocycles. The van der Waals surface area contributed by atoms with Crippen LogP contribution in [0.2, 0.25) is 0 Å². The van der Waals surface area contributed by atoms with Crippen LogP contribution in [0.4, 0.5) is 14.5 Å². The van der Waals surface area contributed by atoms with E-state index in [9.17, 15) is 13.9 Å². The van der Waals surface area contributed by atoms with Gasteiger partial charge in [-0.15, -0.1) is 0 Å². The van der Waals surface area contributed by atoms with Crippen molar-refractivity contribution in [2.24, 2.45) is 0 Å². The van der Waals surface area contributed by atoms with Crippen molar-refractivity contribution >= 4 is 21.6 Å². The highest BCUT2D eigenvalue weighted by atomic mass is 79.9. The van der Waals surface area contributed by atoms with Crippen LogP contribution in [-0.2, 0) is 0 Å². The number of aryl methyl sites for hydroxylation is 1. The molecule has 2 rings (SSSR count). The lowest BCUT2D eigenvalue weighted by Gasteiger charge is -2.18. The smallest absolute Gasteiger partial charge is 0.149 e. The van der Waals surface area contributed by atoms with Crippen LogP contribution in [0.15, 0.2) is 34.8 Å². The summed E-state index contributed by atoms with van der Waals surface area (Å²) in [5, 5.41) is 12.8. The summed E-state index contributed by atoms with van der Waals surface area (Å²) >= 11 is 3.02. The fourth-order valence-corrected chi connectivity index (χ4v) is 2.31. The standard InChI is InChI=1S/C15H14BrF2NO/c1-8-3-4-10(15(20)5-8)9(2)19-14-6-11(16)12(17)7-13(14)18/h3-7,9,19-20H,1-2H3. The summed E-state index contributed by atoms with van der Waals surface area (Å²) in [6, 6.07) is 7.12. The minimum atomic E-state index is -0.677. The van der Waals surface area contributed by atoms with Crippen LogP contribution in [0.25, 0.3) is 0 Å². The molecule has 1 atom stereocenters. The molecule has 0 aliphatic carbocycles. The van der Waals surface area contributed by atoms with E-state index in [0.717, 1.165) is 11.6 Å². The van der Waals surface area contributed by atoms with Gasteiger partial charge in [0.05, 0.1) is 16.2 Å². The fourth-order valence-electron chi connectivity index (χ4n) is 1.96. The lowest BCUT2D eigenvalue weighted by atomic mass is 10.0. The highest BCUT2D eigenvalue weighted by molar-refractivity contribution is 9.10. The Bertz CT molecular complexity index is 646. The van der Waals surface area contributed by atoms with E-state index in [1.807, 2.05) is 13.0 Å². The third-order valence-corrected chi connectivity index (χ3v) is 3.64. The third-order valence-electron chi connectivity index (χ3n) is 3.03. The van der Waals surface area contributed by atoms with E-state index in [0.29, 0.717) is 5.56 Å². The number of hydrogen-bond acceptors (Lipinski definition) is 2. The van der Waals surface area contributed by atoms with Crippen molar-refractivity contribution in [1.82, 2.24) is 0 Å². The summed E-state index contributed by atoms with van der Waals surface area (Å²) in [4.78, 5) is 0. The zero-order valence-corrected chi connectivity index (χ0v) is 12.6. The first-order valence-corrected chi connectivity index (χ1v) is 6.88. The molecule has 0 fully saturated rings. The molecule has 20 heavy (non-hydrogen) atoms. The van der Waals surface area contributed by atoms with E-state index in [4.69, 9.17) is 0 Å². The van der Waals surface area contributed by atoms with Gasteiger partial charge in [0.2, 0.25) is 0 Å². The monoisotopic (exact) mass is 341 g/mol. The lowest BCUT2D eigenvalue weighted by Crippen LogP contribution is -2.08. The Kier molecular flexibility index (Phi) is 4.28. The van der Waals surface area contributed by atoms with Gasteiger partial charge < -0.3 is 10.4 Å². The maximum Gasteiger partial charge on any atom is 0.149 e. The van der Waals surface area contributed by atoms with Crippen molar-refractivity contribution in [2.45, 2.75) is 19.9 Å². The first-order valence-electron chi connectivity index (χ1n) is 6.09. The molecule has 2 aromatic carbocycles. The van der Waals surface area contributed by atoms with Crippen LogP contribution in [0.1, 0.15) is 24.1 Å². The molecule has 1 unspecified atom stereocenters. The first kappa shape index (κ1) is 14.8. The van der Waals surface area contributed by atoms with E-state index < -0.39 is 11.6 Å². The van der Waals surface area contributed by atoms with Crippen molar-refractivity contribution in [1.29, 1.82) is 0 Å². The molecule has 0 bridgehead atoms. The largest absolute Gasteiger partial charge is 0.508 e. The maximum absolute atomic E-state index is 13.7. The summed E-state index contributed by atoms with van der Waals surface area (Å²) in [7, 11) is 0. The number of phenolic OH excluding ortho intramolecular Hbond substituents is 1. The van der Waals surface area contributed by atoms with Crippen LogP contribution >= 0.6 is 15.9 Å². The van der Waals surface area contributed by atoms with Crippen molar-refractivity contribution in [3.8, 4) is 5.75 Å². The number of phenols is 1. The molecule has 0 heterocycles. The number of rotatable bonds is 3. The van der Waals surface area contributed by atoms with Crippen LogP contribution in [0.5, 0.6) is 5.75 Å². The van der Waals surface area contributed by atoms with Crippen molar-refractivity contribution in [3.05, 3.63) is 57.6 Å². The topological polar surface area (TPSA) is 32.3 Å². The zero-order chi connectivity index (χ0) is 14.9. The normalized spacial score (nSPS) is 12.2. The molecule has 5 heteroatoms. The molecule has 106 valence electrons. The maximum atomic E-state index is 13.7. The van der Waals surface area contributed by atoms with E-state index >= 15 is 0 Å². The molecule has 0 spiro atoms. The van der Waals surface area contributed by atoms with Crippen molar-refractivity contribution in [3.63, 3.8) is 0 Å². The Morgan fingerprint density at radius 2 is 1.85 bits per heavy atom. The fraction of sp³-hybridized carbons (Fsp3) is 0.200. The number of anilines is 1. The second-order valence-electron chi connectivity index (χ2n) is 4.67. The van der Waals surface area contributed by atoms with Gasteiger partial charge in [0, 0.05) is 11.6 Å². The second-order valence-corrected chi connectivity index (χ2v) is 5.53. The van der Waals surface area contributed by atoms with Crippen molar-refractivity contribution < 1.29 is 13.9 Å². The summed E-state index contributed by atoms with van der Waals surface area (Å²) in [5.74, 6) is -1.19. The molecule has 0 amide bonds.